The Bertz CT molecular complexity index is 765. The lowest BCUT2D eigenvalue weighted by molar-refractivity contribution is 0.600. The van der Waals surface area contributed by atoms with E-state index >= 15 is 0 Å². The van der Waals surface area contributed by atoms with Crippen molar-refractivity contribution in [1.29, 1.82) is 0 Å². The minimum Gasteiger partial charge on any atom is -0.399 e. The van der Waals surface area contributed by atoms with E-state index in [4.69, 9.17) is 5.73 Å². The Morgan fingerprint density at radius 3 is 2.67 bits per heavy atom. The number of hydrogen-bond donors (Lipinski definition) is 1. The molecule has 106 valence electrons. The number of nitrogens with two attached hydrogens (primary N) is 1. The lowest BCUT2D eigenvalue weighted by Crippen LogP contribution is -2.03. The van der Waals surface area contributed by atoms with Crippen molar-refractivity contribution in [2.24, 2.45) is 0 Å². The van der Waals surface area contributed by atoms with Crippen molar-refractivity contribution >= 4 is 21.6 Å². The van der Waals surface area contributed by atoms with Crippen LogP contribution in [-0.4, -0.2) is 9.55 Å². The topological polar surface area (TPSA) is 43.8 Å². The fourth-order valence-corrected chi connectivity index (χ4v) is 2.59. The van der Waals surface area contributed by atoms with Gasteiger partial charge in [-0.2, -0.15) is 0 Å². The minimum absolute atomic E-state index is 0.227. The second kappa shape index (κ2) is 5.69. The van der Waals surface area contributed by atoms with Crippen LogP contribution in [0.5, 0.6) is 0 Å². The summed E-state index contributed by atoms with van der Waals surface area (Å²) in [5, 5.41) is 0. The molecule has 0 aliphatic carbocycles. The van der Waals surface area contributed by atoms with Gasteiger partial charge in [0.2, 0.25) is 0 Å². The maximum absolute atomic E-state index is 13.9. The molecule has 5 heteroatoms. The van der Waals surface area contributed by atoms with Crippen molar-refractivity contribution in [1.82, 2.24) is 9.55 Å². The molecule has 0 atom stereocenters. The number of imidazole rings is 1. The number of nitrogen functional groups attached to an aromatic ring is 1. The normalized spacial score (nSPS) is 10.8. The van der Waals surface area contributed by atoms with Gasteiger partial charge in [-0.15, -0.1) is 0 Å². The maximum atomic E-state index is 13.9. The SMILES string of the molecule is Nc1ccc(-c2nccn2Cc2cc(Br)ccc2F)cc1. The monoisotopic (exact) mass is 345 g/mol. The van der Waals surface area contributed by atoms with Gasteiger partial charge in [0.15, 0.2) is 0 Å². The molecule has 21 heavy (non-hydrogen) atoms. The minimum atomic E-state index is -0.227. The average molecular weight is 346 g/mol. The fourth-order valence-electron chi connectivity index (χ4n) is 2.18. The van der Waals surface area contributed by atoms with E-state index in [1.54, 1.807) is 18.3 Å². The van der Waals surface area contributed by atoms with Crippen LogP contribution in [0.4, 0.5) is 10.1 Å². The van der Waals surface area contributed by atoms with E-state index in [-0.39, 0.29) is 5.82 Å². The Labute approximate surface area is 130 Å². The number of hydrogen-bond acceptors (Lipinski definition) is 2. The lowest BCUT2D eigenvalue weighted by Gasteiger charge is -2.09. The van der Waals surface area contributed by atoms with Crippen molar-refractivity contribution < 1.29 is 4.39 Å². The van der Waals surface area contributed by atoms with Gasteiger partial charge in [0, 0.05) is 33.7 Å². The van der Waals surface area contributed by atoms with Crippen molar-refractivity contribution in [3.05, 3.63) is 70.7 Å². The summed E-state index contributed by atoms with van der Waals surface area (Å²) >= 11 is 3.37. The highest BCUT2D eigenvalue weighted by Gasteiger charge is 2.09. The number of nitrogens with zero attached hydrogens (tertiary/aromatic N) is 2. The van der Waals surface area contributed by atoms with E-state index in [2.05, 4.69) is 20.9 Å². The molecule has 0 saturated heterocycles. The second-order valence-corrected chi connectivity index (χ2v) is 5.65. The second-order valence-electron chi connectivity index (χ2n) is 4.74. The summed E-state index contributed by atoms with van der Waals surface area (Å²) < 4.78 is 16.6. The molecule has 0 fully saturated rings. The number of rotatable bonds is 3. The van der Waals surface area contributed by atoms with Gasteiger partial charge in [-0.3, -0.25) is 0 Å². The molecular weight excluding hydrogens is 333 g/mol. The first-order chi connectivity index (χ1) is 10.1. The standard InChI is InChI=1S/C16H13BrFN3/c17-13-3-6-15(18)12(9-13)10-21-8-7-20-16(21)11-1-4-14(19)5-2-11/h1-9H,10,19H2. The van der Waals surface area contributed by atoms with Gasteiger partial charge >= 0.3 is 0 Å². The quantitative estimate of drug-likeness (QED) is 0.726. The van der Waals surface area contributed by atoms with Crippen molar-refractivity contribution in [2.75, 3.05) is 5.73 Å². The molecule has 2 aromatic carbocycles. The molecule has 2 N–H and O–H groups in total. The summed E-state index contributed by atoms with van der Waals surface area (Å²) in [6, 6.07) is 12.4. The van der Waals surface area contributed by atoms with Gasteiger partial charge < -0.3 is 10.3 Å². The Hall–Kier alpha value is -2.14. The first kappa shape index (κ1) is 13.8. The van der Waals surface area contributed by atoms with Gasteiger partial charge in [-0.1, -0.05) is 15.9 Å². The molecule has 3 aromatic rings. The highest BCUT2D eigenvalue weighted by atomic mass is 79.9. The molecule has 0 aliphatic heterocycles. The predicted molar refractivity (Wildman–Crippen MR) is 85.3 cm³/mol. The van der Waals surface area contributed by atoms with Gasteiger partial charge in [0.05, 0.1) is 6.54 Å². The van der Waals surface area contributed by atoms with Crippen LogP contribution >= 0.6 is 15.9 Å². The van der Waals surface area contributed by atoms with Crippen molar-refractivity contribution in [3.63, 3.8) is 0 Å². The Balaban J connectivity index is 1.96. The van der Waals surface area contributed by atoms with Crippen LogP contribution in [0, 0.1) is 5.82 Å². The number of benzene rings is 2. The van der Waals surface area contributed by atoms with E-state index in [0.29, 0.717) is 17.8 Å². The van der Waals surface area contributed by atoms with E-state index in [0.717, 1.165) is 15.9 Å². The number of halogens is 2. The summed E-state index contributed by atoms with van der Waals surface area (Å²) in [5.74, 6) is 0.560. The first-order valence-electron chi connectivity index (χ1n) is 6.44. The molecule has 1 heterocycles. The van der Waals surface area contributed by atoms with Gasteiger partial charge in [-0.25, -0.2) is 9.37 Å². The first-order valence-corrected chi connectivity index (χ1v) is 7.24. The van der Waals surface area contributed by atoms with Crippen LogP contribution in [-0.2, 0) is 6.54 Å². The third-order valence-corrected chi connectivity index (χ3v) is 3.73. The Morgan fingerprint density at radius 1 is 1.14 bits per heavy atom. The molecule has 0 bridgehead atoms. The zero-order valence-corrected chi connectivity index (χ0v) is 12.7. The Kier molecular flexibility index (Phi) is 3.75. The van der Waals surface area contributed by atoms with Crippen LogP contribution in [0.1, 0.15) is 5.56 Å². The summed E-state index contributed by atoms with van der Waals surface area (Å²) in [4.78, 5) is 4.35. The summed E-state index contributed by atoms with van der Waals surface area (Å²) in [5.41, 5.74) is 7.96. The molecule has 0 aliphatic rings. The van der Waals surface area contributed by atoms with Gasteiger partial charge in [0.1, 0.15) is 11.6 Å². The predicted octanol–water partition coefficient (Wildman–Crippen LogP) is 4.08. The van der Waals surface area contributed by atoms with E-state index in [9.17, 15) is 4.39 Å². The summed E-state index contributed by atoms with van der Waals surface area (Å²) in [6.45, 7) is 0.422. The summed E-state index contributed by atoms with van der Waals surface area (Å²) in [7, 11) is 0. The van der Waals surface area contributed by atoms with Gasteiger partial charge in [-0.05, 0) is 42.5 Å². The van der Waals surface area contributed by atoms with E-state index < -0.39 is 0 Å². The number of aromatic nitrogens is 2. The zero-order valence-electron chi connectivity index (χ0n) is 11.1. The maximum Gasteiger partial charge on any atom is 0.140 e. The Morgan fingerprint density at radius 2 is 1.90 bits per heavy atom. The van der Waals surface area contributed by atoms with Crippen LogP contribution < -0.4 is 5.73 Å². The van der Waals surface area contributed by atoms with Crippen LogP contribution in [0.2, 0.25) is 0 Å². The molecule has 0 unspecified atom stereocenters. The molecule has 1 aromatic heterocycles. The smallest absolute Gasteiger partial charge is 0.140 e. The lowest BCUT2D eigenvalue weighted by atomic mass is 10.1. The molecule has 0 amide bonds. The van der Waals surface area contributed by atoms with Gasteiger partial charge in [0.25, 0.3) is 0 Å². The third kappa shape index (κ3) is 2.97. The molecule has 0 spiro atoms. The highest BCUT2D eigenvalue weighted by molar-refractivity contribution is 9.10. The van der Waals surface area contributed by atoms with Crippen LogP contribution in [0.3, 0.4) is 0 Å². The van der Waals surface area contributed by atoms with Crippen LogP contribution in [0.15, 0.2) is 59.3 Å². The zero-order chi connectivity index (χ0) is 14.8. The summed E-state index contributed by atoms with van der Waals surface area (Å²) in [6.07, 6.45) is 3.55. The molecule has 3 nitrogen and oxygen atoms in total. The van der Waals surface area contributed by atoms with Crippen molar-refractivity contribution in [2.45, 2.75) is 6.54 Å². The molecule has 0 radical (unpaired) electrons. The molecule has 3 rings (SSSR count). The molecular formula is C16H13BrFN3. The average Bonchev–Trinajstić information content (AvgIpc) is 2.92. The van der Waals surface area contributed by atoms with E-state index in [1.807, 2.05) is 35.0 Å². The third-order valence-electron chi connectivity index (χ3n) is 3.23. The van der Waals surface area contributed by atoms with Crippen LogP contribution in [0.25, 0.3) is 11.4 Å². The van der Waals surface area contributed by atoms with Crippen molar-refractivity contribution in [3.8, 4) is 11.4 Å². The number of anilines is 1. The molecule has 0 saturated carbocycles. The largest absolute Gasteiger partial charge is 0.399 e. The fraction of sp³-hybridized carbons (Fsp3) is 0.0625. The van der Waals surface area contributed by atoms with E-state index in [1.165, 1.54) is 6.07 Å². The highest BCUT2D eigenvalue weighted by Crippen LogP contribution is 2.22.